The first kappa shape index (κ1) is 12.0. The number of nitrogens with zero attached hydrogens (tertiary/aromatic N) is 1. The van der Waals surface area contributed by atoms with Crippen LogP contribution in [0.4, 0.5) is 0 Å². The maximum absolute atomic E-state index is 5.65. The van der Waals surface area contributed by atoms with Crippen molar-refractivity contribution in [2.45, 2.75) is 52.2 Å². The smallest absolute Gasteiger partial charge is 0.0734 e. The van der Waals surface area contributed by atoms with Gasteiger partial charge in [0, 0.05) is 19.2 Å². The lowest BCUT2D eigenvalue weighted by Crippen LogP contribution is -2.45. The van der Waals surface area contributed by atoms with Gasteiger partial charge in [-0.05, 0) is 39.2 Å². The number of ether oxygens (including phenoxy) is 1. The SMILES string of the molecule is CCOC1[CH]CCN(C(CC)CC)C1. The molecule has 83 valence electrons. The summed E-state index contributed by atoms with van der Waals surface area (Å²) in [6.45, 7) is 9.78. The van der Waals surface area contributed by atoms with Crippen LogP contribution in [0.3, 0.4) is 0 Å². The van der Waals surface area contributed by atoms with Crippen LogP contribution in [0, 0.1) is 6.42 Å². The van der Waals surface area contributed by atoms with Crippen LogP contribution < -0.4 is 0 Å². The van der Waals surface area contributed by atoms with E-state index in [2.05, 4.69) is 32.1 Å². The van der Waals surface area contributed by atoms with E-state index in [1.807, 2.05) is 0 Å². The third-order valence-electron chi connectivity index (χ3n) is 3.10. The largest absolute Gasteiger partial charge is 0.377 e. The zero-order valence-corrected chi connectivity index (χ0v) is 9.83. The van der Waals surface area contributed by atoms with Crippen molar-refractivity contribution < 1.29 is 4.74 Å². The minimum Gasteiger partial charge on any atom is -0.377 e. The summed E-state index contributed by atoms with van der Waals surface area (Å²) in [7, 11) is 0. The molecular formula is C12H24NO. The predicted octanol–water partition coefficient (Wildman–Crippen LogP) is 2.49. The second-order valence-electron chi connectivity index (χ2n) is 3.98. The molecule has 1 fully saturated rings. The van der Waals surface area contributed by atoms with Gasteiger partial charge in [0.2, 0.25) is 0 Å². The van der Waals surface area contributed by atoms with Gasteiger partial charge in [0.15, 0.2) is 0 Å². The van der Waals surface area contributed by atoms with Crippen molar-refractivity contribution in [2.75, 3.05) is 19.7 Å². The molecule has 0 bridgehead atoms. The van der Waals surface area contributed by atoms with Crippen LogP contribution in [-0.2, 0) is 4.74 Å². The van der Waals surface area contributed by atoms with Gasteiger partial charge in [-0.25, -0.2) is 0 Å². The molecule has 1 aliphatic heterocycles. The quantitative estimate of drug-likeness (QED) is 0.673. The molecule has 0 aromatic heterocycles. The molecule has 0 saturated carbocycles. The summed E-state index contributed by atoms with van der Waals surface area (Å²) in [6.07, 6.45) is 6.39. The van der Waals surface area contributed by atoms with E-state index in [1.165, 1.54) is 25.8 Å². The molecule has 0 aromatic rings. The second-order valence-corrected chi connectivity index (χ2v) is 3.98. The Morgan fingerprint density at radius 2 is 2.07 bits per heavy atom. The summed E-state index contributed by atoms with van der Waals surface area (Å²) in [4.78, 5) is 2.58. The maximum Gasteiger partial charge on any atom is 0.0734 e. The minimum absolute atomic E-state index is 0.370. The van der Waals surface area contributed by atoms with Gasteiger partial charge in [-0.15, -0.1) is 0 Å². The topological polar surface area (TPSA) is 12.5 Å². The Bertz CT molecular complexity index is 143. The van der Waals surface area contributed by atoms with Crippen molar-refractivity contribution >= 4 is 0 Å². The monoisotopic (exact) mass is 198 g/mol. The third-order valence-corrected chi connectivity index (χ3v) is 3.10. The maximum atomic E-state index is 5.65. The summed E-state index contributed by atoms with van der Waals surface area (Å²) in [6, 6.07) is 0.756. The van der Waals surface area contributed by atoms with Crippen molar-refractivity contribution in [3.05, 3.63) is 6.42 Å². The Morgan fingerprint density at radius 1 is 1.36 bits per heavy atom. The molecule has 1 radical (unpaired) electrons. The molecule has 0 aromatic carbocycles. The van der Waals surface area contributed by atoms with Crippen LogP contribution in [0.5, 0.6) is 0 Å². The number of piperidine rings is 1. The first-order valence-corrected chi connectivity index (χ1v) is 6.00. The fourth-order valence-corrected chi connectivity index (χ4v) is 2.29. The zero-order chi connectivity index (χ0) is 10.4. The van der Waals surface area contributed by atoms with Crippen LogP contribution in [0.25, 0.3) is 0 Å². The van der Waals surface area contributed by atoms with Crippen LogP contribution >= 0.6 is 0 Å². The Morgan fingerprint density at radius 3 is 2.64 bits per heavy atom. The van der Waals surface area contributed by atoms with Gasteiger partial charge in [-0.3, -0.25) is 4.90 Å². The first-order chi connectivity index (χ1) is 6.81. The van der Waals surface area contributed by atoms with E-state index >= 15 is 0 Å². The fraction of sp³-hybridized carbons (Fsp3) is 0.917. The zero-order valence-electron chi connectivity index (χ0n) is 9.83. The number of likely N-dealkylation sites (tertiary alicyclic amines) is 1. The summed E-state index contributed by atoms with van der Waals surface area (Å²) in [5, 5.41) is 0. The third kappa shape index (κ3) is 3.25. The van der Waals surface area contributed by atoms with Crippen molar-refractivity contribution in [1.82, 2.24) is 4.90 Å². The minimum atomic E-state index is 0.370. The van der Waals surface area contributed by atoms with Gasteiger partial charge in [0.1, 0.15) is 0 Å². The highest BCUT2D eigenvalue weighted by atomic mass is 16.5. The predicted molar refractivity (Wildman–Crippen MR) is 60.3 cm³/mol. The van der Waals surface area contributed by atoms with E-state index in [1.54, 1.807) is 0 Å². The molecule has 14 heavy (non-hydrogen) atoms. The summed E-state index contributed by atoms with van der Waals surface area (Å²) >= 11 is 0. The van der Waals surface area contributed by atoms with E-state index in [4.69, 9.17) is 4.74 Å². The van der Waals surface area contributed by atoms with Gasteiger partial charge in [0.25, 0.3) is 0 Å². The van der Waals surface area contributed by atoms with Crippen LogP contribution in [0.1, 0.15) is 40.0 Å². The van der Waals surface area contributed by atoms with E-state index < -0.39 is 0 Å². The Kier molecular flexibility index (Phi) is 5.49. The van der Waals surface area contributed by atoms with Crippen molar-refractivity contribution in [3.8, 4) is 0 Å². The highest BCUT2D eigenvalue weighted by Gasteiger charge is 2.24. The van der Waals surface area contributed by atoms with Gasteiger partial charge in [0.05, 0.1) is 6.10 Å². The molecule has 1 aliphatic rings. The molecule has 1 heterocycles. The molecule has 1 saturated heterocycles. The van der Waals surface area contributed by atoms with Crippen molar-refractivity contribution in [3.63, 3.8) is 0 Å². The molecule has 1 unspecified atom stereocenters. The standard InChI is InChI=1S/C12H24NO/c1-4-11(5-2)13-9-7-8-12(10-13)14-6-3/h8,11-12H,4-7,9-10H2,1-3H3. The van der Waals surface area contributed by atoms with Crippen LogP contribution in [-0.4, -0.2) is 36.7 Å². The summed E-state index contributed by atoms with van der Waals surface area (Å²) < 4.78 is 5.65. The lowest BCUT2D eigenvalue weighted by molar-refractivity contribution is 0.0199. The fourth-order valence-electron chi connectivity index (χ4n) is 2.29. The van der Waals surface area contributed by atoms with Gasteiger partial charge in [-0.2, -0.15) is 0 Å². The molecular weight excluding hydrogens is 174 g/mol. The van der Waals surface area contributed by atoms with Gasteiger partial charge in [-0.1, -0.05) is 13.8 Å². The lowest BCUT2D eigenvalue weighted by atomic mass is 10.0. The van der Waals surface area contributed by atoms with Crippen LogP contribution in [0.15, 0.2) is 0 Å². The summed E-state index contributed by atoms with van der Waals surface area (Å²) in [5.74, 6) is 0. The average molecular weight is 198 g/mol. The van der Waals surface area contributed by atoms with Gasteiger partial charge >= 0.3 is 0 Å². The van der Waals surface area contributed by atoms with Crippen molar-refractivity contribution in [2.24, 2.45) is 0 Å². The normalized spacial score (nSPS) is 24.4. The molecule has 0 spiro atoms. The molecule has 0 aliphatic carbocycles. The molecule has 0 N–H and O–H groups in total. The molecule has 1 rings (SSSR count). The van der Waals surface area contributed by atoms with E-state index in [9.17, 15) is 0 Å². The Labute approximate surface area is 88.6 Å². The first-order valence-electron chi connectivity index (χ1n) is 6.00. The molecule has 0 amide bonds. The number of rotatable bonds is 5. The Balaban J connectivity index is 2.38. The van der Waals surface area contributed by atoms with E-state index in [0.29, 0.717) is 6.10 Å². The Hall–Kier alpha value is -0.0800. The van der Waals surface area contributed by atoms with Crippen molar-refractivity contribution in [1.29, 1.82) is 0 Å². The highest BCUT2D eigenvalue weighted by molar-refractivity contribution is 4.88. The summed E-state index contributed by atoms with van der Waals surface area (Å²) in [5.41, 5.74) is 0. The number of hydrogen-bond donors (Lipinski definition) is 0. The van der Waals surface area contributed by atoms with Gasteiger partial charge < -0.3 is 4.74 Å². The molecule has 1 atom stereocenters. The number of hydrogen-bond acceptors (Lipinski definition) is 2. The van der Waals surface area contributed by atoms with Crippen LogP contribution in [0.2, 0.25) is 0 Å². The van der Waals surface area contributed by atoms with E-state index in [0.717, 1.165) is 19.2 Å². The lowest BCUT2D eigenvalue weighted by Gasteiger charge is -2.37. The molecule has 2 nitrogen and oxygen atoms in total. The second kappa shape index (κ2) is 6.41. The highest BCUT2D eigenvalue weighted by Crippen LogP contribution is 2.17. The average Bonchev–Trinajstić information content (AvgIpc) is 2.21. The molecule has 2 heteroatoms. The van der Waals surface area contributed by atoms with E-state index in [-0.39, 0.29) is 0 Å².